The minimum atomic E-state index is -3.40. The van der Waals surface area contributed by atoms with Gasteiger partial charge in [0.15, 0.2) is 0 Å². The third kappa shape index (κ3) is 4.81. The molecule has 0 aliphatic carbocycles. The van der Waals surface area contributed by atoms with Crippen molar-refractivity contribution in [3.8, 4) is 0 Å². The Morgan fingerprint density at radius 1 is 1.29 bits per heavy atom. The first-order chi connectivity index (χ1) is 9.82. The van der Waals surface area contributed by atoms with Crippen LogP contribution in [0.15, 0.2) is 17.2 Å². The SMILES string of the molecule is CCN(CCCN(C)C)S(=O)(=O)c1cc(CNC)n(C)c1. The lowest BCUT2D eigenvalue weighted by molar-refractivity contribution is 0.356. The monoisotopic (exact) mass is 316 g/mol. The molecule has 1 aromatic rings. The molecule has 0 spiro atoms. The largest absolute Gasteiger partial charge is 0.352 e. The lowest BCUT2D eigenvalue weighted by Gasteiger charge is -2.20. The highest BCUT2D eigenvalue weighted by molar-refractivity contribution is 7.89. The molecular weight excluding hydrogens is 288 g/mol. The molecule has 1 N–H and O–H groups in total. The number of rotatable bonds is 9. The van der Waals surface area contributed by atoms with E-state index >= 15 is 0 Å². The average Bonchev–Trinajstić information content (AvgIpc) is 2.77. The van der Waals surface area contributed by atoms with Crippen molar-refractivity contribution in [2.75, 3.05) is 40.8 Å². The molecule has 0 radical (unpaired) electrons. The van der Waals surface area contributed by atoms with Gasteiger partial charge in [-0.2, -0.15) is 4.31 Å². The minimum Gasteiger partial charge on any atom is -0.352 e. The van der Waals surface area contributed by atoms with Gasteiger partial charge in [-0.3, -0.25) is 0 Å². The van der Waals surface area contributed by atoms with Gasteiger partial charge in [-0.05, 0) is 40.2 Å². The fraction of sp³-hybridized carbons (Fsp3) is 0.714. The zero-order chi connectivity index (χ0) is 16.0. The fourth-order valence-electron chi connectivity index (χ4n) is 2.24. The number of hydrogen-bond acceptors (Lipinski definition) is 4. The summed E-state index contributed by atoms with van der Waals surface area (Å²) in [4.78, 5) is 2.44. The molecule has 0 saturated carbocycles. The Morgan fingerprint density at radius 2 is 1.95 bits per heavy atom. The van der Waals surface area contributed by atoms with Crippen molar-refractivity contribution in [3.63, 3.8) is 0 Å². The van der Waals surface area contributed by atoms with Crippen LogP contribution in [0.4, 0.5) is 0 Å². The molecule has 122 valence electrons. The summed E-state index contributed by atoms with van der Waals surface area (Å²) < 4.78 is 28.8. The molecule has 1 aromatic heterocycles. The Morgan fingerprint density at radius 3 is 2.48 bits per heavy atom. The van der Waals surface area contributed by atoms with Crippen molar-refractivity contribution < 1.29 is 8.42 Å². The topological polar surface area (TPSA) is 57.6 Å². The highest BCUT2D eigenvalue weighted by Gasteiger charge is 2.24. The summed E-state index contributed by atoms with van der Waals surface area (Å²) in [6.07, 6.45) is 2.52. The summed E-state index contributed by atoms with van der Waals surface area (Å²) in [5.74, 6) is 0. The first-order valence-corrected chi connectivity index (χ1v) is 8.71. The number of nitrogens with one attached hydrogen (secondary N) is 1. The number of aryl methyl sites for hydroxylation is 1. The fourth-order valence-corrected chi connectivity index (χ4v) is 3.82. The maximum Gasteiger partial charge on any atom is 0.244 e. The van der Waals surface area contributed by atoms with Crippen LogP contribution < -0.4 is 5.32 Å². The molecule has 7 heteroatoms. The second-order valence-corrected chi connectivity index (χ2v) is 7.40. The molecule has 0 amide bonds. The molecule has 0 saturated heterocycles. The van der Waals surface area contributed by atoms with E-state index in [-0.39, 0.29) is 0 Å². The van der Waals surface area contributed by atoms with Crippen molar-refractivity contribution in [1.82, 2.24) is 19.1 Å². The molecule has 0 aliphatic heterocycles. The highest BCUT2D eigenvalue weighted by atomic mass is 32.2. The van der Waals surface area contributed by atoms with E-state index in [9.17, 15) is 8.42 Å². The summed E-state index contributed by atoms with van der Waals surface area (Å²) in [7, 11) is 4.30. The lowest BCUT2D eigenvalue weighted by atomic mass is 10.4. The van der Waals surface area contributed by atoms with Crippen LogP contribution in [0, 0.1) is 0 Å². The second kappa shape index (κ2) is 7.93. The van der Waals surface area contributed by atoms with Gasteiger partial charge in [-0.15, -0.1) is 0 Å². The maximum absolute atomic E-state index is 12.7. The first-order valence-electron chi connectivity index (χ1n) is 7.27. The van der Waals surface area contributed by atoms with Crippen LogP contribution in [0.3, 0.4) is 0 Å². The molecule has 0 atom stereocenters. The normalized spacial score (nSPS) is 12.5. The Labute approximate surface area is 128 Å². The van der Waals surface area contributed by atoms with E-state index in [1.807, 2.05) is 39.7 Å². The van der Waals surface area contributed by atoms with Crippen LogP contribution in [0.25, 0.3) is 0 Å². The summed E-state index contributed by atoms with van der Waals surface area (Å²) in [6.45, 7) is 4.45. The summed E-state index contributed by atoms with van der Waals surface area (Å²) >= 11 is 0. The van der Waals surface area contributed by atoms with Gasteiger partial charge in [0.05, 0.1) is 0 Å². The molecule has 0 unspecified atom stereocenters. The zero-order valence-corrected chi connectivity index (χ0v) is 14.6. The zero-order valence-electron chi connectivity index (χ0n) is 13.8. The van der Waals surface area contributed by atoms with Gasteiger partial charge in [-0.1, -0.05) is 6.92 Å². The summed E-state index contributed by atoms with van der Waals surface area (Å²) in [5, 5.41) is 3.04. The Balaban J connectivity index is 2.88. The van der Waals surface area contributed by atoms with Crippen molar-refractivity contribution in [2.24, 2.45) is 7.05 Å². The average molecular weight is 316 g/mol. The summed E-state index contributed by atoms with van der Waals surface area (Å²) in [6, 6.07) is 1.75. The third-order valence-electron chi connectivity index (χ3n) is 3.44. The van der Waals surface area contributed by atoms with Crippen molar-refractivity contribution >= 4 is 10.0 Å². The number of aromatic nitrogens is 1. The van der Waals surface area contributed by atoms with Crippen LogP contribution in [-0.2, 0) is 23.6 Å². The number of hydrogen-bond donors (Lipinski definition) is 1. The molecule has 0 aromatic carbocycles. The molecule has 0 aliphatic rings. The van der Waals surface area contributed by atoms with Crippen LogP contribution in [0.2, 0.25) is 0 Å². The van der Waals surface area contributed by atoms with Crippen molar-refractivity contribution in [2.45, 2.75) is 24.8 Å². The maximum atomic E-state index is 12.7. The molecule has 6 nitrogen and oxygen atoms in total. The molecule has 21 heavy (non-hydrogen) atoms. The van der Waals surface area contributed by atoms with Gasteiger partial charge < -0.3 is 14.8 Å². The van der Waals surface area contributed by atoms with E-state index in [0.29, 0.717) is 24.5 Å². The quantitative estimate of drug-likeness (QED) is 0.729. The van der Waals surface area contributed by atoms with Crippen LogP contribution >= 0.6 is 0 Å². The van der Waals surface area contributed by atoms with Crippen LogP contribution in [0.5, 0.6) is 0 Å². The van der Waals surface area contributed by atoms with E-state index in [2.05, 4.69) is 10.2 Å². The molecule has 0 fully saturated rings. The Hall–Kier alpha value is -0.890. The molecule has 0 bridgehead atoms. The first kappa shape index (κ1) is 18.2. The van der Waals surface area contributed by atoms with Crippen LogP contribution in [-0.4, -0.2) is 63.0 Å². The molecular formula is C14H28N4O2S. The van der Waals surface area contributed by atoms with Gasteiger partial charge in [-0.25, -0.2) is 8.42 Å². The second-order valence-electron chi connectivity index (χ2n) is 5.46. The van der Waals surface area contributed by atoms with E-state index in [0.717, 1.165) is 18.7 Å². The number of nitrogens with zero attached hydrogens (tertiary/aromatic N) is 3. The molecule has 1 rings (SSSR count). The standard InChI is InChI=1S/C14H28N4O2S/c1-6-18(9-7-8-16(3)4)21(19,20)14-10-13(11-15-2)17(5)12-14/h10,12,15H,6-9,11H2,1-5H3. The Kier molecular flexibility index (Phi) is 6.86. The van der Waals surface area contributed by atoms with E-state index in [4.69, 9.17) is 0 Å². The smallest absolute Gasteiger partial charge is 0.244 e. The summed E-state index contributed by atoms with van der Waals surface area (Å²) in [5.41, 5.74) is 0.959. The molecule has 1 heterocycles. The highest BCUT2D eigenvalue weighted by Crippen LogP contribution is 2.18. The van der Waals surface area contributed by atoms with Gasteiger partial charge in [0.25, 0.3) is 0 Å². The van der Waals surface area contributed by atoms with Crippen LogP contribution in [0.1, 0.15) is 19.0 Å². The van der Waals surface area contributed by atoms with Gasteiger partial charge >= 0.3 is 0 Å². The van der Waals surface area contributed by atoms with Gasteiger partial charge in [0.1, 0.15) is 4.90 Å². The Bertz CT molecular complexity index is 537. The van der Waals surface area contributed by atoms with E-state index < -0.39 is 10.0 Å². The van der Waals surface area contributed by atoms with Gasteiger partial charge in [0.2, 0.25) is 10.0 Å². The predicted octanol–water partition coefficient (Wildman–Crippen LogP) is 0.707. The van der Waals surface area contributed by atoms with E-state index in [1.165, 1.54) is 0 Å². The number of sulfonamides is 1. The van der Waals surface area contributed by atoms with Gasteiger partial charge in [0, 0.05) is 38.6 Å². The predicted molar refractivity (Wildman–Crippen MR) is 85.8 cm³/mol. The van der Waals surface area contributed by atoms with E-state index in [1.54, 1.807) is 16.6 Å². The lowest BCUT2D eigenvalue weighted by Crippen LogP contribution is -2.33. The van der Waals surface area contributed by atoms with Crippen molar-refractivity contribution in [3.05, 3.63) is 18.0 Å². The van der Waals surface area contributed by atoms with Crippen molar-refractivity contribution in [1.29, 1.82) is 0 Å². The minimum absolute atomic E-state index is 0.377. The third-order valence-corrected chi connectivity index (χ3v) is 5.38.